The van der Waals surface area contributed by atoms with Crippen molar-refractivity contribution in [3.8, 4) is 11.4 Å². The molecule has 0 bridgehead atoms. The molecule has 2 aromatic carbocycles. The molecule has 29 heavy (non-hydrogen) atoms. The summed E-state index contributed by atoms with van der Waals surface area (Å²) in [6.45, 7) is 5.84. The molecule has 7 heteroatoms. The van der Waals surface area contributed by atoms with Gasteiger partial charge in [0.25, 0.3) is 5.91 Å². The van der Waals surface area contributed by atoms with Crippen LogP contribution in [-0.2, 0) is 0 Å². The lowest BCUT2D eigenvalue weighted by atomic mass is 10.0. The maximum absolute atomic E-state index is 13.0. The van der Waals surface area contributed by atoms with Crippen molar-refractivity contribution in [2.24, 2.45) is 5.92 Å². The first-order valence-corrected chi connectivity index (χ1v) is 10.1. The SMILES string of the molecule is Cc1c(C(=O)NC(c2nc(-c3ccccc3)no2)C(C)C)oc2ccc(Br)cc12. The summed E-state index contributed by atoms with van der Waals surface area (Å²) in [6, 6.07) is 14.8. The molecule has 6 nitrogen and oxygen atoms in total. The number of carbonyl (C=O) groups excluding carboxylic acids is 1. The predicted octanol–water partition coefficient (Wildman–Crippen LogP) is 5.68. The Morgan fingerprint density at radius 3 is 2.62 bits per heavy atom. The third-order valence-corrected chi connectivity index (χ3v) is 5.29. The average molecular weight is 454 g/mol. The number of benzene rings is 2. The molecule has 2 heterocycles. The largest absolute Gasteiger partial charge is 0.451 e. The van der Waals surface area contributed by atoms with Crippen LogP contribution in [0.5, 0.6) is 0 Å². The number of amides is 1. The van der Waals surface area contributed by atoms with E-state index in [1.165, 1.54) is 0 Å². The molecule has 1 N–H and O–H groups in total. The van der Waals surface area contributed by atoms with Crippen LogP contribution in [0.3, 0.4) is 0 Å². The third-order valence-electron chi connectivity index (χ3n) is 4.80. The van der Waals surface area contributed by atoms with E-state index in [0.717, 1.165) is 21.0 Å². The zero-order valence-corrected chi connectivity index (χ0v) is 17.9. The number of fused-ring (bicyclic) bond motifs is 1. The topological polar surface area (TPSA) is 81.2 Å². The number of carbonyl (C=O) groups is 1. The van der Waals surface area contributed by atoms with Crippen molar-refractivity contribution in [2.45, 2.75) is 26.8 Å². The van der Waals surface area contributed by atoms with Crippen LogP contribution in [-0.4, -0.2) is 16.0 Å². The molecule has 2 aromatic heterocycles. The Kier molecular flexibility index (Phi) is 5.24. The lowest BCUT2D eigenvalue weighted by molar-refractivity contribution is 0.0887. The Bertz CT molecular complexity index is 1160. The first kappa shape index (κ1) is 19.4. The second-order valence-electron chi connectivity index (χ2n) is 7.21. The third kappa shape index (κ3) is 3.82. The number of hydrogen-bond acceptors (Lipinski definition) is 5. The quantitative estimate of drug-likeness (QED) is 0.420. The van der Waals surface area contributed by atoms with Crippen molar-refractivity contribution in [1.29, 1.82) is 0 Å². The second-order valence-corrected chi connectivity index (χ2v) is 8.13. The number of nitrogens with zero attached hydrogens (tertiary/aromatic N) is 2. The van der Waals surface area contributed by atoms with E-state index in [4.69, 9.17) is 8.94 Å². The van der Waals surface area contributed by atoms with Gasteiger partial charge in [-0.05, 0) is 31.0 Å². The summed E-state index contributed by atoms with van der Waals surface area (Å²) in [6.07, 6.45) is 0. The maximum atomic E-state index is 13.0. The first-order chi connectivity index (χ1) is 13.9. The first-order valence-electron chi connectivity index (χ1n) is 9.32. The summed E-state index contributed by atoms with van der Waals surface area (Å²) in [5.74, 6) is 0.871. The minimum absolute atomic E-state index is 0.0434. The summed E-state index contributed by atoms with van der Waals surface area (Å²) in [7, 11) is 0. The van der Waals surface area contributed by atoms with E-state index in [1.54, 1.807) is 0 Å². The molecular formula is C22H20BrN3O3. The van der Waals surface area contributed by atoms with Crippen LogP contribution in [0.2, 0.25) is 0 Å². The molecule has 0 aliphatic carbocycles. The van der Waals surface area contributed by atoms with Crippen LogP contribution < -0.4 is 5.32 Å². The van der Waals surface area contributed by atoms with E-state index >= 15 is 0 Å². The number of aromatic nitrogens is 2. The van der Waals surface area contributed by atoms with Gasteiger partial charge in [0.15, 0.2) is 5.76 Å². The van der Waals surface area contributed by atoms with Gasteiger partial charge in [-0.2, -0.15) is 4.98 Å². The normalized spacial score (nSPS) is 12.4. The van der Waals surface area contributed by atoms with Gasteiger partial charge in [-0.15, -0.1) is 0 Å². The molecule has 0 radical (unpaired) electrons. The van der Waals surface area contributed by atoms with Crippen LogP contribution in [0.4, 0.5) is 0 Å². The number of aryl methyl sites for hydroxylation is 1. The van der Waals surface area contributed by atoms with Crippen molar-refractivity contribution in [3.05, 3.63) is 70.2 Å². The minimum Gasteiger partial charge on any atom is -0.451 e. The molecule has 0 aliphatic rings. The van der Waals surface area contributed by atoms with Crippen molar-refractivity contribution in [2.75, 3.05) is 0 Å². The fourth-order valence-corrected chi connectivity index (χ4v) is 3.56. The Morgan fingerprint density at radius 1 is 1.14 bits per heavy atom. The smallest absolute Gasteiger partial charge is 0.287 e. The standard InChI is InChI=1S/C22H20BrN3O3/c1-12(2)18(22-25-20(26-29-22)14-7-5-4-6-8-14)24-21(27)19-13(3)16-11-15(23)9-10-17(16)28-19/h4-12,18H,1-3H3,(H,24,27). The molecule has 4 rings (SSSR count). The van der Waals surface area contributed by atoms with Gasteiger partial charge in [-0.3, -0.25) is 4.79 Å². The van der Waals surface area contributed by atoms with Crippen LogP contribution in [0.15, 0.2) is 61.9 Å². The molecule has 1 atom stereocenters. The Labute approximate surface area is 176 Å². The fraction of sp³-hybridized carbons (Fsp3) is 0.227. The van der Waals surface area contributed by atoms with Gasteiger partial charge in [-0.1, -0.05) is 65.3 Å². The van der Waals surface area contributed by atoms with Crippen molar-refractivity contribution in [3.63, 3.8) is 0 Å². The number of furan rings is 1. The summed E-state index contributed by atoms with van der Waals surface area (Å²) in [5, 5.41) is 7.95. The summed E-state index contributed by atoms with van der Waals surface area (Å²) < 4.78 is 12.2. The minimum atomic E-state index is -0.438. The fourth-order valence-electron chi connectivity index (χ4n) is 3.20. The van der Waals surface area contributed by atoms with Gasteiger partial charge >= 0.3 is 0 Å². The zero-order chi connectivity index (χ0) is 20.5. The van der Waals surface area contributed by atoms with E-state index in [-0.39, 0.29) is 17.6 Å². The average Bonchev–Trinajstić information content (AvgIpc) is 3.32. The van der Waals surface area contributed by atoms with Gasteiger partial charge < -0.3 is 14.3 Å². The lowest BCUT2D eigenvalue weighted by Crippen LogP contribution is -2.32. The Morgan fingerprint density at radius 2 is 1.90 bits per heavy atom. The second kappa shape index (κ2) is 7.83. The molecule has 1 unspecified atom stereocenters. The highest BCUT2D eigenvalue weighted by atomic mass is 79.9. The van der Waals surface area contributed by atoms with Crippen LogP contribution in [0.25, 0.3) is 22.4 Å². The Hall–Kier alpha value is -2.93. The zero-order valence-electron chi connectivity index (χ0n) is 16.3. The number of halogens is 1. The van der Waals surface area contributed by atoms with E-state index in [9.17, 15) is 4.79 Å². The monoisotopic (exact) mass is 453 g/mol. The number of rotatable bonds is 5. The number of hydrogen-bond donors (Lipinski definition) is 1. The van der Waals surface area contributed by atoms with Crippen molar-refractivity contribution < 1.29 is 13.7 Å². The molecule has 1 amide bonds. The molecule has 0 spiro atoms. The highest BCUT2D eigenvalue weighted by Crippen LogP contribution is 2.29. The van der Waals surface area contributed by atoms with Crippen LogP contribution in [0, 0.1) is 12.8 Å². The van der Waals surface area contributed by atoms with E-state index in [1.807, 2.05) is 69.3 Å². The molecule has 148 valence electrons. The summed E-state index contributed by atoms with van der Waals surface area (Å²) >= 11 is 3.45. The molecule has 0 saturated carbocycles. The van der Waals surface area contributed by atoms with E-state index in [2.05, 4.69) is 31.4 Å². The predicted molar refractivity (Wildman–Crippen MR) is 113 cm³/mol. The molecule has 0 fully saturated rings. The van der Waals surface area contributed by atoms with Gasteiger partial charge in [0.1, 0.15) is 11.6 Å². The highest BCUT2D eigenvalue weighted by Gasteiger charge is 2.28. The Balaban J connectivity index is 1.62. The van der Waals surface area contributed by atoms with E-state index in [0.29, 0.717) is 17.3 Å². The highest BCUT2D eigenvalue weighted by molar-refractivity contribution is 9.10. The van der Waals surface area contributed by atoms with Crippen molar-refractivity contribution in [1.82, 2.24) is 15.5 Å². The maximum Gasteiger partial charge on any atom is 0.287 e. The number of nitrogens with one attached hydrogen (secondary N) is 1. The van der Waals surface area contributed by atoms with Gasteiger partial charge in [0.2, 0.25) is 11.7 Å². The van der Waals surface area contributed by atoms with Gasteiger partial charge in [0.05, 0.1) is 0 Å². The van der Waals surface area contributed by atoms with Gasteiger partial charge in [-0.25, -0.2) is 0 Å². The van der Waals surface area contributed by atoms with E-state index < -0.39 is 6.04 Å². The summed E-state index contributed by atoms with van der Waals surface area (Å²) in [4.78, 5) is 17.5. The van der Waals surface area contributed by atoms with Gasteiger partial charge in [0, 0.05) is 21.0 Å². The molecule has 0 saturated heterocycles. The molecule has 4 aromatic rings. The van der Waals surface area contributed by atoms with Crippen LogP contribution in [0.1, 0.15) is 41.9 Å². The van der Waals surface area contributed by atoms with Crippen molar-refractivity contribution >= 4 is 32.8 Å². The molecule has 0 aliphatic heterocycles. The molecular weight excluding hydrogens is 434 g/mol. The summed E-state index contributed by atoms with van der Waals surface area (Å²) in [5.41, 5.74) is 2.31. The lowest BCUT2D eigenvalue weighted by Gasteiger charge is -2.17. The van der Waals surface area contributed by atoms with Crippen LogP contribution >= 0.6 is 15.9 Å².